The molecule has 26 heavy (non-hydrogen) atoms. The standard InChI is InChI=1S/C21H20INO3/c1-21(2)14-15-8-7-11-18(19(15)26-21)25-13-6-5-12-23-20(24)16-9-3-4-10-17(16)22/h3-4,7-11H,12-14H2,1-2H3,(H,23,24). The van der Waals surface area contributed by atoms with Crippen molar-refractivity contribution in [3.05, 3.63) is 57.2 Å². The largest absolute Gasteiger partial charge is 0.483 e. The first-order valence-corrected chi connectivity index (χ1v) is 9.46. The maximum Gasteiger partial charge on any atom is 0.253 e. The first-order valence-electron chi connectivity index (χ1n) is 8.38. The Morgan fingerprint density at radius 1 is 1.23 bits per heavy atom. The summed E-state index contributed by atoms with van der Waals surface area (Å²) in [5.41, 5.74) is 1.61. The van der Waals surface area contributed by atoms with Crippen LogP contribution in [0.3, 0.4) is 0 Å². The summed E-state index contributed by atoms with van der Waals surface area (Å²) in [5.74, 6) is 7.23. The van der Waals surface area contributed by atoms with E-state index in [0.29, 0.717) is 11.3 Å². The highest BCUT2D eigenvalue weighted by Gasteiger charge is 2.32. The van der Waals surface area contributed by atoms with Crippen molar-refractivity contribution in [2.75, 3.05) is 13.2 Å². The monoisotopic (exact) mass is 461 g/mol. The minimum absolute atomic E-state index is 0.123. The van der Waals surface area contributed by atoms with Gasteiger partial charge in [-0.05, 0) is 54.6 Å². The molecule has 1 amide bonds. The molecule has 1 heterocycles. The Hall–Kier alpha value is -2.20. The van der Waals surface area contributed by atoms with Crippen LogP contribution in [0.1, 0.15) is 29.8 Å². The Balaban J connectivity index is 1.50. The van der Waals surface area contributed by atoms with E-state index in [1.807, 2.05) is 30.3 Å². The van der Waals surface area contributed by atoms with Gasteiger partial charge in [-0.3, -0.25) is 4.79 Å². The minimum atomic E-state index is -0.202. The lowest BCUT2D eigenvalue weighted by Gasteiger charge is -2.17. The number of para-hydroxylation sites is 1. The second-order valence-corrected chi connectivity index (χ2v) is 7.75. The Labute approximate surface area is 167 Å². The molecule has 1 aliphatic rings. The van der Waals surface area contributed by atoms with Crippen molar-refractivity contribution in [3.63, 3.8) is 0 Å². The Kier molecular flexibility index (Phi) is 5.72. The molecule has 1 N–H and O–H groups in total. The second kappa shape index (κ2) is 8.00. The lowest BCUT2D eigenvalue weighted by Crippen LogP contribution is -2.24. The SMILES string of the molecule is CC1(C)Cc2cccc(OCC#CCNC(=O)c3ccccc3I)c2O1. The first kappa shape index (κ1) is 18.6. The zero-order valence-corrected chi connectivity index (χ0v) is 16.9. The number of carbonyl (C=O) groups is 1. The van der Waals surface area contributed by atoms with Crippen molar-refractivity contribution in [2.24, 2.45) is 0 Å². The van der Waals surface area contributed by atoms with Crippen molar-refractivity contribution >= 4 is 28.5 Å². The van der Waals surface area contributed by atoms with Gasteiger partial charge in [0, 0.05) is 15.6 Å². The van der Waals surface area contributed by atoms with E-state index in [2.05, 4.69) is 59.7 Å². The molecule has 2 aromatic rings. The van der Waals surface area contributed by atoms with E-state index in [1.165, 1.54) is 0 Å². The van der Waals surface area contributed by atoms with Gasteiger partial charge in [0.25, 0.3) is 5.91 Å². The molecule has 0 aliphatic carbocycles. The molecule has 134 valence electrons. The number of fused-ring (bicyclic) bond motifs is 1. The number of hydrogen-bond acceptors (Lipinski definition) is 3. The Morgan fingerprint density at radius 2 is 2.04 bits per heavy atom. The first-order chi connectivity index (χ1) is 12.5. The molecule has 0 atom stereocenters. The average Bonchev–Trinajstić information content (AvgIpc) is 2.92. The fraction of sp³-hybridized carbons (Fsp3) is 0.286. The van der Waals surface area contributed by atoms with Gasteiger partial charge < -0.3 is 14.8 Å². The molecule has 0 bridgehead atoms. The molecule has 5 heteroatoms. The number of hydrogen-bond donors (Lipinski definition) is 1. The van der Waals surface area contributed by atoms with Crippen LogP contribution in [0.15, 0.2) is 42.5 Å². The normalized spacial score (nSPS) is 13.8. The summed E-state index contributed by atoms with van der Waals surface area (Å²) in [5, 5.41) is 2.79. The molecular formula is C21H20INO3. The van der Waals surface area contributed by atoms with Crippen LogP contribution in [0.2, 0.25) is 0 Å². The Morgan fingerprint density at radius 3 is 2.85 bits per heavy atom. The predicted molar refractivity (Wildman–Crippen MR) is 110 cm³/mol. The van der Waals surface area contributed by atoms with E-state index in [1.54, 1.807) is 6.07 Å². The Bertz CT molecular complexity index is 880. The zero-order valence-electron chi connectivity index (χ0n) is 14.8. The summed E-state index contributed by atoms with van der Waals surface area (Å²) in [6, 6.07) is 13.4. The van der Waals surface area contributed by atoms with E-state index >= 15 is 0 Å². The van der Waals surface area contributed by atoms with Gasteiger partial charge in [-0.15, -0.1) is 0 Å². The lowest BCUT2D eigenvalue weighted by molar-refractivity contribution is 0.0957. The van der Waals surface area contributed by atoms with Crippen LogP contribution in [0, 0.1) is 15.4 Å². The molecule has 2 aromatic carbocycles. The molecule has 0 saturated carbocycles. The smallest absolute Gasteiger partial charge is 0.253 e. The van der Waals surface area contributed by atoms with Crippen LogP contribution in [-0.2, 0) is 6.42 Å². The summed E-state index contributed by atoms with van der Waals surface area (Å²) in [6.45, 7) is 4.66. The van der Waals surface area contributed by atoms with Gasteiger partial charge in [-0.1, -0.05) is 36.1 Å². The molecule has 4 nitrogen and oxygen atoms in total. The molecule has 0 spiro atoms. The van der Waals surface area contributed by atoms with Gasteiger partial charge in [-0.2, -0.15) is 0 Å². The number of benzene rings is 2. The van der Waals surface area contributed by atoms with Crippen molar-refractivity contribution in [3.8, 4) is 23.3 Å². The molecule has 0 unspecified atom stereocenters. The van der Waals surface area contributed by atoms with Crippen LogP contribution in [-0.4, -0.2) is 24.7 Å². The molecule has 0 saturated heterocycles. The molecule has 3 rings (SSSR count). The van der Waals surface area contributed by atoms with Gasteiger partial charge in [0.1, 0.15) is 12.2 Å². The summed E-state index contributed by atoms with van der Waals surface area (Å²) < 4.78 is 12.6. The predicted octanol–water partition coefficient (Wildman–Crippen LogP) is 3.82. The average molecular weight is 461 g/mol. The van der Waals surface area contributed by atoms with Gasteiger partial charge in [-0.25, -0.2) is 0 Å². The minimum Gasteiger partial charge on any atom is -0.483 e. The highest BCUT2D eigenvalue weighted by atomic mass is 127. The van der Waals surface area contributed by atoms with E-state index in [-0.39, 0.29) is 24.7 Å². The highest BCUT2D eigenvalue weighted by molar-refractivity contribution is 14.1. The summed E-state index contributed by atoms with van der Waals surface area (Å²) >= 11 is 2.14. The quantitative estimate of drug-likeness (QED) is 0.557. The zero-order chi connectivity index (χ0) is 18.6. The van der Waals surface area contributed by atoms with Crippen LogP contribution in [0.4, 0.5) is 0 Å². The number of ether oxygens (including phenoxy) is 2. The van der Waals surface area contributed by atoms with Crippen molar-refractivity contribution in [1.29, 1.82) is 0 Å². The summed E-state index contributed by atoms with van der Waals surface area (Å²) in [4.78, 5) is 12.1. The van der Waals surface area contributed by atoms with Crippen LogP contribution in [0.5, 0.6) is 11.5 Å². The van der Waals surface area contributed by atoms with Crippen molar-refractivity contribution in [1.82, 2.24) is 5.32 Å². The third kappa shape index (κ3) is 4.50. The number of rotatable bonds is 4. The highest BCUT2D eigenvalue weighted by Crippen LogP contribution is 2.41. The van der Waals surface area contributed by atoms with Gasteiger partial charge in [0.15, 0.2) is 11.5 Å². The number of carbonyl (C=O) groups excluding carboxylic acids is 1. The number of amides is 1. The second-order valence-electron chi connectivity index (χ2n) is 6.59. The topological polar surface area (TPSA) is 47.6 Å². The summed E-state index contributed by atoms with van der Waals surface area (Å²) in [7, 11) is 0. The lowest BCUT2D eigenvalue weighted by atomic mass is 10.0. The third-order valence-corrected chi connectivity index (χ3v) is 4.88. The molecule has 0 aromatic heterocycles. The third-order valence-electron chi connectivity index (χ3n) is 3.94. The van der Waals surface area contributed by atoms with Crippen LogP contribution < -0.4 is 14.8 Å². The molecule has 1 aliphatic heterocycles. The van der Waals surface area contributed by atoms with Gasteiger partial charge >= 0.3 is 0 Å². The van der Waals surface area contributed by atoms with E-state index in [4.69, 9.17) is 9.47 Å². The molecular weight excluding hydrogens is 441 g/mol. The van der Waals surface area contributed by atoms with Crippen molar-refractivity contribution < 1.29 is 14.3 Å². The number of nitrogens with one attached hydrogen (secondary N) is 1. The fourth-order valence-electron chi connectivity index (χ4n) is 2.79. The van der Waals surface area contributed by atoms with Crippen LogP contribution >= 0.6 is 22.6 Å². The van der Waals surface area contributed by atoms with E-state index in [9.17, 15) is 4.79 Å². The van der Waals surface area contributed by atoms with E-state index in [0.717, 1.165) is 21.3 Å². The van der Waals surface area contributed by atoms with Crippen molar-refractivity contribution in [2.45, 2.75) is 25.9 Å². The van der Waals surface area contributed by atoms with Gasteiger partial charge in [0.2, 0.25) is 0 Å². The van der Waals surface area contributed by atoms with Crippen LogP contribution in [0.25, 0.3) is 0 Å². The molecule has 0 radical (unpaired) electrons. The fourth-order valence-corrected chi connectivity index (χ4v) is 3.43. The molecule has 0 fully saturated rings. The van der Waals surface area contributed by atoms with E-state index < -0.39 is 0 Å². The number of halogens is 1. The maximum atomic E-state index is 12.1. The maximum absolute atomic E-state index is 12.1. The summed E-state index contributed by atoms with van der Waals surface area (Å²) in [6.07, 6.45) is 0.871. The van der Waals surface area contributed by atoms with Gasteiger partial charge in [0.05, 0.1) is 12.1 Å².